The Kier molecular flexibility index (Phi) is 8.47. The van der Waals surface area contributed by atoms with Crippen LogP contribution in [0.25, 0.3) is 0 Å². The minimum atomic E-state index is -0.781. The van der Waals surface area contributed by atoms with Gasteiger partial charge in [-0.05, 0) is 42.7 Å². The number of carboxylic acid groups (broad SMARTS) is 1. The number of piperazine rings is 1. The van der Waals surface area contributed by atoms with E-state index < -0.39 is 5.97 Å². The van der Waals surface area contributed by atoms with Crippen LogP contribution in [-0.2, 0) is 4.79 Å². The smallest absolute Gasteiger partial charge is 0.303 e. The first kappa shape index (κ1) is 22.8. The Morgan fingerprint density at radius 1 is 1.00 bits per heavy atom. The largest absolute Gasteiger partial charge is 0.494 e. The predicted molar refractivity (Wildman–Crippen MR) is 120 cm³/mol. The molecule has 1 N–H and O–H groups in total. The van der Waals surface area contributed by atoms with Gasteiger partial charge in [-0.25, -0.2) is 0 Å². The maximum atomic E-state index is 12.9. The van der Waals surface area contributed by atoms with Crippen molar-refractivity contribution in [3.05, 3.63) is 65.7 Å². The monoisotopic (exact) mass is 424 g/mol. The van der Waals surface area contributed by atoms with Crippen molar-refractivity contribution in [3.63, 3.8) is 0 Å². The van der Waals surface area contributed by atoms with Gasteiger partial charge in [0.15, 0.2) is 0 Å². The van der Waals surface area contributed by atoms with Gasteiger partial charge in [0.1, 0.15) is 5.75 Å². The second kappa shape index (κ2) is 11.5. The van der Waals surface area contributed by atoms with Crippen molar-refractivity contribution >= 4 is 11.9 Å². The zero-order valence-corrected chi connectivity index (χ0v) is 18.2. The van der Waals surface area contributed by atoms with Gasteiger partial charge in [0.25, 0.3) is 5.91 Å². The molecular formula is C25H32N2O4. The summed E-state index contributed by atoms with van der Waals surface area (Å²) in [5, 5.41) is 9.15. The van der Waals surface area contributed by atoms with Crippen LogP contribution in [-0.4, -0.2) is 59.6 Å². The second-order valence-electron chi connectivity index (χ2n) is 7.91. The molecule has 0 saturated carbocycles. The molecule has 0 bridgehead atoms. The number of hydrogen-bond acceptors (Lipinski definition) is 4. The Morgan fingerprint density at radius 3 is 2.29 bits per heavy atom. The van der Waals surface area contributed by atoms with Crippen molar-refractivity contribution in [3.8, 4) is 5.75 Å². The van der Waals surface area contributed by atoms with Crippen LogP contribution in [0.2, 0.25) is 0 Å². The van der Waals surface area contributed by atoms with E-state index in [1.54, 1.807) is 0 Å². The van der Waals surface area contributed by atoms with E-state index in [1.165, 1.54) is 0 Å². The van der Waals surface area contributed by atoms with Gasteiger partial charge >= 0.3 is 5.97 Å². The fourth-order valence-corrected chi connectivity index (χ4v) is 3.94. The summed E-state index contributed by atoms with van der Waals surface area (Å²) in [6.07, 6.45) is 2.80. The van der Waals surface area contributed by atoms with Gasteiger partial charge in [0.05, 0.1) is 6.61 Å². The van der Waals surface area contributed by atoms with Crippen molar-refractivity contribution in [2.24, 2.45) is 0 Å². The third-order valence-corrected chi connectivity index (χ3v) is 5.73. The van der Waals surface area contributed by atoms with E-state index in [9.17, 15) is 9.59 Å². The number of benzene rings is 2. The predicted octanol–water partition coefficient (Wildman–Crippen LogP) is 4.23. The van der Waals surface area contributed by atoms with Crippen LogP contribution >= 0.6 is 0 Å². The first-order chi connectivity index (χ1) is 15.1. The average molecular weight is 425 g/mol. The Balaban J connectivity index is 1.58. The molecule has 6 heteroatoms. The number of carbonyl (C=O) groups excluding carboxylic acids is 1. The van der Waals surface area contributed by atoms with E-state index >= 15 is 0 Å². The van der Waals surface area contributed by atoms with Crippen LogP contribution in [0.3, 0.4) is 0 Å². The Morgan fingerprint density at radius 2 is 1.68 bits per heavy atom. The molecule has 0 spiro atoms. The van der Waals surface area contributed by atoms with Crippen LogP contribution in [0.1, 0.15) is 54.6 Å². The molecule has 2 aromatic carbocycles. The molecule has 0 aromatic heterocycles. The van der Waals surface area contributed by atoms with Crippen molar-refractivity contribution in [2.45, 2.75) is 38.6 Å². The number of nitrogens with zero attached hydrogens (tertiary/aromatic N) is 2. The number of hydrogen-bond donors (Lipinski definition) is 1. The quantitative estimate of drug-likeness (QED) is 0.578. The van der Waals surface area contributed by atoms with Crippen molar-refractivity contribution in [2.75, 3.05) is 32.8 Å². The molecule has 3 rings (SSSR count). The SMILES string of the molecule is CCCCOc1ccc(C(=O)N2CCN([C@@H](CCC(=O)O)c3ccccc3)CC2)cc1. The minimum Gasteiger partial charge on any atom is -0.494 e. The normalized spacial score (nSPS) is 15.5. The van der Waals surface area contributed by atoms with Gasteiger partial charge in [0.2, 0.25) is 0 Å². The van der Waals surface area contributed by atoms with E-state index in [1.807, 2.05) is 59.5 Å². The van der Waals surface area contributed by atoms with E-state index in [0.717, 1.165) is 37.2 Å². The van der Waals surface area contributed by atoms with Gasteiger partial charge in [-0.1, -0.05) is 43.7 Å². The standard InChI is InChI=1S/C25H32N2O4/c1-2-3-19-31-22-11-9-21(10-12-22)25(30)27-17-15-26(16-18-27)23(13-14-24(28)29)20-7-5-4-6-8-20/h4-12,23H,2-3,13-19H2,1H3,(H,28,29)/t23-/m0/s1. The first-order valence-electron chi connectivity index (χ1n) is 11.1. The van der Waals surface area contributed by atoms with E-state index in [0.29, 0.717) is 31.7 Å². The third-order valence-electron chi connectivity index (χ3n) is 5.73. The molecule has 1 fully saturated rings. The van der Waals surface area contributed by atoms with Gasteiger partial charge in [0, 0.05) is 44.2 Å². The topological polar surface area (TPSA) is 70.1 Å². The zero-order chi connectivity index (χ0) is 22.1. The summed E-state index contributed by atoms with van der Waals surface area (Å²) in [5.74, 6) is 0.0392. The lowest BCUT2D eigenvalue weighted by Gasteiger charge is -2.39. The highest BCUT2D eigenvalue weighted by Gasteiger charge is 2.27. The van der Waals surface area contributed by atoms with Crippen molar-refractivity contribution in [1.29, 1.82) is 0 Å². The van der Waals surface area contributed by atoms with Crippen LogP contribution < -0.4 is 4.74 Å². The second-order valence-corrected chi connectivity index (χ2v) is 7.91. The number of aliphatic carboxylic acids is 1. The molecule has 6 nitrogen and oxygen atoms in total. The number of rotatable bonds is 10. The highest BCUT2D eigenvalue weighted by Crippen LogP contribution is 2.27. The molecule has 0 unspecified atom stereocenters. The maximum Gasteiger partial charge on any atom is 0.303 e. The molecule has 1 atom stereocenters. The summed E-state index contributed by atoms with van der Waals surface area (Å²) in [7, 11) is 0. The summed E-state index contributed by atoms with van der Waals surface area (Å²) >= 11 is 0. The van der Waals surface area contributed by atoms with E-state index in [-0.39, 0.29) is 18.4 Å². The van der Waals surface area contributed by atoms with Crippen molar-refractivity contribution < 1.29 is 19.4 Å². The minimum absolute atomic E-state index is 0.0292. The Bertz CT molecular complexity index is 830. The molecular weight excluding hydrogens is 392 g/mol. The molecule has 1 aliphatic heterocycles. The zero-order valence-electron chi connectivity index (χ0n) is 18.2. The van der Waals surface area contributed by atoms with Gasteiger partial charge in [-0.2, -0.15) is 0 Å². The molecule has 2 aromatic rings. The molecule has 31 heavy (non-hydrogen) atoms. The summed E-state index contributed by atoms with van der Waals surface area (Å²) in [5.41, 5.74) is 1.80. The van der Waals surface area contributed by atoms with Gasteiger partial charge in [-0.3, -0.25) is 14.5 Å². The number of ether oxygens (including phenoxy) is 1. The number of carbonyl (C=O) groups is 2. The van der Waals surface area contributed by atoms with Crippen LogP contribution in [0, 0.1) is 0 Å². The van der Waals surface area contributed by atoms with Crippen LogP contribution in [0.15, 0.2) is 54.6 Å². The lowest BCUT2D eigenvalue weighted by Crippen LogP contribution is -2.49. The average Bonchev–Trinajstić information content (AvgIpc) is 2.80. The summed E-state index contributed by atoms with van der Waals surface area (Å²) < 4.78 is 5.68. The first-order valence-corrected chi connectivity index (χ1v) is 11.1. The molecule has 0 aliphatic carbocycles. The molecule has 1 amide bonds. The number of carboxylic acids is 1. The molecule has 0 radical (unpaired) electrons. The van der Waals surface area contributed by atoms with Gasteiger partial charge in [-0.15, -0.1) is 0 Å². The summed E-state index contributed by atoms with van der Waals surface area (Å²) in [6, 6.07) is 17.5. The van der Waals surface area contributed by atoms with E-state index in [4.69, 9.17) is 9.84 Å². The van der Waals surface area contributed by atoms with Gasteiger partial charge < -0.3 is 14.7 Å². The lowest BCUT2D eigenvalue weighted by molar-refractivity contribution is -0.137. The number of amides is 1. The highest BCUT2D eigenvalue weighted by molar-refractivity contribution is 5.94. The lowest BCUT2D eigenvalue weighted by atomic mass is 9.99. The molecule has 166 valence electrons. The Hall–Kier alpha value is -2.86. The third kappa shape index (κ3) is 6.56. The maximum absolute atomic E-state index is 12.9. The fraction of sp³-hybridized carbons (Fsp3) is 0.440. The fourth-order valence-electron chi connectivity index (χ4n) is 3.94. The van der Waals surface area contributed by atoms with E-state index in [2.05, 4.69) is 11.8 Å². The number of unbranched alkanes of at least 4 members (excludes halogenated alkanes) is 1. The molecule has 1 saturated heterocycles. The van der Waals surface area contributed by atoms with Crippen LogP contribution in [0.5, 0.6) is 5.75 Å². The summed E-state index contributed by atoms with van der Waals surface area (Å²) in [6.45, 7) is 5.52. The van der Waals surface area contributed by atoms with Crippen LogP contribution in [0.4, 0.5) is 0 Å². The summed E-state index contributed by atoms with van der Waals surface area (Å²) in [4.78, 5) is 28.2. The molecule has 1 heterocycles. The Labute approximate surface area is 184 Å². The highest BCUT2D eigenvalue weighted by atomic mass is 16.5. The molecule has 1 aliphatic rings. The van der Waals surface area contributed by atoms with Crippen molar-refractivity contribution in [1.82, 2.24) is 9.80 Å².